The lowest BCUT2D eigenvalue weighted by Gasteiger charge is -2.17. The monoisotopic (exact) mass is 349 g/mol. The van der Waals surface area contributed by atoms with E-state index in [9.17, 15) is 13.9 Å². The minimum Gasteiger partial charge on any atom is -0.389 e. The summed E-state index contributed by atoms with van der Waals surface area (Å²) in [6.07, 6.45) is 3.79. The summed E-state index contributed by atoms with van der Waals surface area (Å²) in [5, 5.41) is 12.3. The fraction of sp³-hybridized carbons (Fsp3) is 0.571. The molecule has 0 spiro atoms. The van der Waals surface area contributed by atoms with Gasteiger partial charge >= 0.3 is 0 Å². The molecule has 20 heavy (non-hydrogen) atoms. The van der Waals surface area contributed by atoms with E-state index >= 15 is 0 Å². The number of hydrogen-bond acceptors (Lipinski definition) is 3. The van der Waals surface area contributed by atoms with Gasteiger partial charge in [0.05, 0.1) is 18.8 Å². The highest BCUT2D eigenvalue weighted by atomic mass is 79.9. The zero-order valence-corrected chi connectivity index (χ0v) is 12.6. The summed E-state index contributed by atoms with van der Waals surface area (Å²) in [6.45, 7) is 0.222. The van der Waals surface area contributed by atoms with Gasteiger partial charge in [-0.25, -0.2) is 8.78 Å². The van der Waals surface area contributed by atoms with Gasteiger partial charge in [-0.2, -0.15) is 0 Å². The first-order chi connectivity index (χ1) is 9.56. The minimum atomic E-state index is -0.793. The molecule has 6 heteroatoms. The van der Waals surface area contributed by atoms with E-state index in [1.54, 1.807) is 0 Å². The van der Waals surface area contributed by atoms with E-state index in [2.05, 4.69) is 21.2 Å². The van der Waals surface area contributed by atoms with Crippen molar-refractivity contribution in [3.8, 4) is 0 Å². The zero-order valence-electron chi connectivity index (χ0n) is 11.0. The van der Waals surface area contributed by atoms with Gasteiger partial charge in [0.25, 0.3) is 0 Å². The van der Waals surface area contributed by atoms with Gasteiger partial charge in [-0.05, 0) is 25.0 Å². The summed E-state index contributed by atoms with van der Waals surface area (Å²) < 4.78 is 33.0. The quantitative estimate of drug-likeness (QED) is 0.826. The predicted octanol–water partition coefficient (Wildman–Crippen LogP) is 3.46. The summed E-state index contributed by atoms with van der Waals surface area (Å²) in [6, 6.07) is 2.35. The Morgan fingerprint density at radius 2 is 1.90 bits per heavy atom. The average molecular weight is 350 g/mol. The van der Waals surface area contributed by atoms with Crippen molar-refractivity contribution in [2.24, 2.45) is 0 Å². The van der Waals surface area contributed by atoms with Crippen LogP contribution >= 0.6 is 15.9 Å². The molecule has 1 fully saturated rings. The van der Waals surface area contributed by atoms with E-state index in [4.69, 9.17) is 4.74 Å². The largest absolute Gasteiger partial charge is 0.389 e. The highest BCUT2D eigenvalue weighted by molar-refractivity contribution is 9.10. The third kappa shape index (κ3) is 4.40. The van der Waals surface area contributed by atoms with Crippen molar-refractivity contribution in [3.63, 3.8) is 0 Å². The maximum Gasteiger partial charge on any atom is 0.150 e. The molecule has 1 atom stereocenters. The van der Waals surface area contributed by atoms with Crippen molar-refractivity contribution in [2.45, 2.75) is 37.9 Å². The average Bonchev–Trinajstić information content (AvgIpc) is 2.88. The maximum atomic E-state index is 13.5. The second-order valence-electron chi connectivity index (χ2n) is 5.02. The fourth-order valence-electron chi connectivity index (χ4n) is 2.29. The summed E-state index contributed by atoms with van der Waals surface area (Å²) in [5.41, 5.74) is -0.229. The van der Waals surface area contributed by atoms with Crippen LogP contribution in [0, 0.1) is 11.6 Å². The minimum absolute atomic E-state index is 0.0438. The molecule has 3 nitrogen and oxygen atoms in total. The SMILES string of the molecule is OC(CNc1c(F)cc(Br)cc1F)COC1CCCC1. The van der Waals surface area contributed by atoms with Crippen LogP contribution in [0.5, 0.6) is 0 Å². The van der Waals surface area contributed by atoms with Gasteiger partial charge in [-0.1, -0.05) is 28.8 Å². The van der Waals surface area contributed by atoms with Crippen LogP contribution in [0.4, 0.5) is 14.5 Å². The van der Waals surface area contributed by atoms with Gasteiger partial charge in [0.1, 0.15) is 17.3 Å². The van der Waals surface area contributed by atoms with Crippen LogP contribution in [0.15, 0.2) is 16.6 Å². The lowest BCUT2D eigenvalue weighted by Crippen LogP contribution is -2.27. The molecule has 112 valence electrons. The number of benzene rings is 1. The highest BCUT2D eigenvalue weighted by Crippen LogP contribution is 2.24. The van der Waals surface area contributed by atoms with Gasteiger partial charge in [0.2, 0.25) is 0 Å². The Morgan fingerprint density at radius 3 is 2.50 bits per heavy atom. The van der Waals surface area contributed by atoms with Crippen molar-refractivity contribution in [3.05, 3.63) is 28.2 Å². The number of ether oxygens (including phenoxy) is 1. The molecule has 1 aliphatic carbocycles. The number of rotatable bonds is 6. The van der Waals surface area contributed by atoms with Gasteiger partial charge < -0.3 is 15.2 Å². The predicted molar refractivity (Wildman–Crippen MR) is 76.8 cm³/mol. The molecule has 0 saturated heterocycles. The number of anilines is 1. The molecule has 1 unspecified atom stereocenters. The van der Waals surface area contributed by atoms with Gasteiger partial charge in [0, 0.05) is 11.0 Å². The number of aliphatic hydroxyl groups is 1. The normalized spacial score (nSPS) is 17.4. The molecule has 0 aliphatic heterocycles. The Morgan fingerprint density at radius 1 is 1.30 bits per heavy atom. The maximum absolute atomic E-state index is 13.5. The first-order valence-electron chi connectivity index (χ1n) is 6.74. The number of aliphatic hydroxyl groups excluding tert-OH is 1. The molecule has 2 rings (SSSR count). The molecule has 1 saturated carbocycles. The molecule has 2 N–H and O–H groups in total. The Labute approximate surface area is 125 Å². The van der Waals surface area contributed by atoms with Crippen molar-refractivity contribution >= 4 is 21.6 Å². The number of halogens is 3. The first-order valence-corrected chi connectivity index (χ1v) is 7.53. The molecule has 0 aromatic heterocycles. The smallest absolute Gasteiger partial charge is 0.150 e. The van der Waals surface area contributed by atoms with E-state index in [1.165, 1.54) is 12.1 Å². The van der Waals surface area contributed by atoms with Crippen molar-refractivity contribution < 1.29 is 18.6 Å². The van der Waals surface area contributed by atoms with Crippen LogP contribution < -0.4 is 5.32 Å². The Bertz CT molecular complexity index is 430. The molecule has 1 aromatic carbocycles. The second kappa shape index (κ2) is 7.33. The van der Waals surface area contributed by atoms with Crippen molar-refractivity contribution in [1.82, 2.24) is 0 Å². The summed E-state index contributed by atoms with van der Waals surface area (Å²) in [5.74, 6) is -1.39. The Kier molecular flexibility index (Phi) is 5.74. The van der Waals surface area contributed by atoms with Crippen LogP contribution in [0.25, 0.3) is 0 Å². The Balaban J connectivity index is 1.79. The van der Waals surface area contributed by atoms with Gasteiger partial charge in [-0.3, -0.25) is 0 Å². The third-order valence-corrected chi connectivity index (χ3v) is 3.81. The molecular weight excluding hydrogens is 332 g/mol. The summed E-state index contributed by atoms with van der Waals surface area (Å²) in [7, 11) is 0. The second-order valence-corrected chi connectivity index (χ2v) is 5.93. The van der Waals surface area contributed by atoms with Gasteiger partial charge in [0.15, 0.2) is 0 Å². The summed E-state index contributed by atoms with van der Waals surface area (Å²) in [4.78, 5) is 0. The van der Waals surface area contributed by atoms with Crippen molar-refractivity contribution in [1.29, 1.82) is 0 Å². The number of hydrogen-bond donors (Lipinski definition) is 2. The van der Waals surface area contributed by atoms with E-state index in [1.807, 2.05) is 0 Å². The van der Waals surface area contributed by atoms with E-state index in [-0.39, 0.29) is 24.9 Å². The topological polar surface area (TPSA) is 41.5 Å². The molecule has 0 radical (unpaired) electrons. The summed E-state index contributed by atoms with van der Waals surface area (Å²) >= 11 is 3.01. The molecule has 1 aliphatic rings. The fourth-order valence-corrected chi connectivity index (χ4v) is 2.69. The third-order valence-electron chi connectivity index (χ3n) is 3.35. The van der Waals surface area contributed by atoms with Crippen LogP contribution in [-0.4, -0.2) is 30.5 Å². The van der Waals surface area contributed by atoms with Crippen LogP contribution in [-0.2, 0) is 4.74 Å². The first kappa shape index (κ1) is 15.7. The standard InChI is InChI=1S/C14H18BrF2NO2/c15-9-5-12(16)14(13(17)6-9)18-7-10(19)8-20-11-3-1-2-4-11/h5-6,10-11,18-19H,1-4,7-8H2. The van der Waals surface area contributed by atoms with E-state index in [0.29, 0.717) is 4.47 Å². The van der Waals surface area contributed by atoms with Crippen LogP contribution in [0.1, 0.15) is 25.7 Å². The molecule has 0 heterocycles. The van der Waals surface area contributed by atoms with E-state index < -0.39 is 17.7 Å². The lowest BCUT2D eigenvalue weighted by molar-refractivity contribution is -0.00121. The molecule has 1 aromatic rings. The van der Waals surface area contributed by atoms with Crippen LogP contribution in [0.2, 0.25) is 0 Å². The highest BCUT2D eigenvalue weighted by Gasteiger charge is 2.17. The molecule has 0 bridgehead atoms. The molecular formula is C14H18BrF2NO2. The van der Waals surface area contributed by atoms with Crippen molar-refractivity contribution in [2.75, 3.05) is 18.5 Å². The lowest BCUT2D eigenvalue weighted by atomic mass is 10.2. The Hall–Kier alpha value is -0.720. The zero-order chi connectivity index (χ0) is 14.5. The molecule has 0 amide bonds. The van der Waals surface area contributed by atoms with E-state index in [0.717, 1.165) is 25.7 Å². The van der Waals surface area contributed by atoms with Gasteiger partial charge in [-0.15, -0.1) is 0 Å². The number of nitrogens with one attached hydrogen (secondary N) is 1. The van der Waals surface area contributed by atoms with Crippen LogP contribution in [0.3, 0.4) is 0 Å².